The molecule has 0 spiro atoms. The second kappa shape index (κ2) is 6.50. The fraction of sp³-hybridized carbons (Fsp3) is 0.571. The van der Waals surface area contributed by atoms with Crippen molar-refractivity contribution in [3.8, 4) is 0 Å². The van der Waals surface area contributed by atoms with Crippen LogP contribution in [-0.2, 0) is 25.8 Å². The van der Waals surface area contributed by atoms with Crippen molar-refractivity contribution in [3.63, 3.8) is 0 Å². The molecule has 0 radical (unpaired) electrons. The Morgan fingerprint density at radius 1 is 1.42 bits per heavy atom. The minimum atomic E-state index is -2.33. The van der Waals surface area contributed by atoms with Crippen molar-refractivity contribution in [1.82, 2.24) is 0 Å². The molecule has 106 valence electrons. The van der Waals surface area contributed by atoms with Crippen LogP contribution in [0.3, 0.4) is 0 Å². The third-order valence-electron chi connectivity index (χ3n) is 3.29. The summed E-state index contributed by atoms with van der Waals surface area (Å²) < 4.78 is 27.7. The number of rotatable bonds is 4. The van der Waals surface area contributed by atoms with Gasteiger partial charge in [0.1, 0.15) is 0 Å². The van der Waals surface area contributed by atoms with Gasteiger partial charge in [0.05, 0.1) is 21.2 Å². The quantitative estimate of drug-likeness (QED) is 0.853. The second-order valence-electron chi connectivity index (χ2n) is 4.70. The largest absolute Gasteiger partial charge is 0.353 e. The average molecular weight is 283 g/mol. The smallest absolute Gasteiger partial charge is 0.158 e. The van der Waals surface area contributed by atoms with Crippen molar-refractivity contribution in [2.75, 3.05) is 19.9 Å². The van der Waals surface area contributed by atoms with E-state index in [1.807, 2.05) is 24.3 Å². The van der Waals surface area contributed by atoms with E-state index in [0.717, 1.165) is 36.3 Å². The summed E-state index contributed by atoms with van der Waals surface area (Å²) in [6.07, 6.45) is 4.70. The predicted octanol–water partition coefficient (Wildman–Crippen LogP) is 2.82. The lowest BCUT2D eigenvalue weighted by Crippen LogP contribution is -2.22. The normalized spacial score (nSPS) is 22.7. The molecule has 1 aromatic rings. The van der Waals surface area contributed by atoms with Gasteiger partial charge in [-0.2, -0.15) is 0 Å². The van der Waals surface area contributed by atoms with Crippen molar-refractivity contribution in [2.24, 2.45) is 4.36 Å². The van der Waals surface area contributed by atoms with E-state index in [-0.39, 0.29) is 6.29 Å². The maximum atomic E-state index is 12.4. The molecule has 0 bridgehead atoms. The molecular formula is C14H21NO3S. The lowest BCUT2D eigenvalue weighted by atomic mass is 10.2. The molecule has 2 atom stereocenters. The molecule has 1 aliphatic rings. The zero-order chi connectivity index (χ0) is 13.7. The second-order valence-corrected chi connectivity index (χ2v) is 7.11. The fourth-order valence-corrected chi connectivity index (χ4v) is 3.26. The third-order valence-corrected chi connectivity index (χ3v) is 5.20. The number of ether oxygens (including phenoxy) is 2. The van der Waals surface area contributed by atoms with Crippen molar-refractivity contribution in [1.29, 1.82) is 0 Å². The Kier molecular flexibility index (Phi) is 4.96. The van der Waals surface area contributed by atoms with Crippen LogP contribution in [-0.4, -0.2) is 30.4 Å². The van der Waals surface area contributed by atoms with E-state index >= 15 is 0 Å². The van der Waals surface area contributed by atoms with Gasteiger partial charge in [-0.15, -0.1) is 0 Å². The summed E-state index contributed by atoms with van der Waals surface area (Å²) >= 11 is 0. The molecule has 1 aliphatic heterocycles. The molecule has 1 fully saturated rings. The van der Waals surface area contributed by atoms with Crippen LogP contribution in [0.2, 0.25) is 0 Å². The lowest BCUT2D eigenvalue weighted by Gasteiger charge is -2.23. The highest BCUT2D eigenvalue weighted by Crippen LogP contribution is 2.20. The van der Waals surface area contributed by atoms with Gasteiger partial charge in [-0.25, -0.2) is 8.57 Å². The van der Waals surface area contributed by atoms with Gasteiger partial charge >= 0.3 is 0 Å². The molecule has 1 aromatic carbocycles. The van der Waals surface area contributed by atoms with E-state index in [2.05, 4.69) is 4.36 Å². The maximum absolute atomic E-state index is 12.4. The molecule has 0 saturated carbocycles. The van der Waals surface area contributed by atoms with Crippen LogP contribution in [0.5, 0.6) is 0 Å². The van der Waals surface area contributed by atoms with Gasteiger partial charge in [0.2, 0.25) is 0 Å². The molecule has 19 heavy (non-hydrogen) atoms. The zero-order valence-corrected chi connectivity index (χ0v) is 12.3. The molecule has 2 unspecified atom stereocenters. The van der Waals surface area contributed by atoms with Gasteiger partial charge < -0.3 is 9.47 Å². The van der Waals surface area contributed by atoms with Gasteiger partial charge in [-0.1, -0.05) is 18.2 Å². The van der Waals surface area contributed by atoms with Crippen LogP contribution < -0.4 is 0 Å². The first-order valence-electron chi connectivity index (χ1n) is 6.55. The van der Waals surface area contributed by atoms with Gasteiger partial charge in [0, 0.05) is 19.9 Å². The third kappa shape index (κ3) is 3.78. The molecule has 0 aromatic heterocycles. The molecule has 0 aliphatic carbocycles. The van der Waals surface area contributed by atoms with Crippen molar-refractivity contribution in [2.45, 2.75) is 37.1 Å². The number of nitrogens with zero attached hydrogens (tertiary/aromatic N) is 1. The molecule has 5 heteroatoms. The van der Waals surface area contributed by atoms with Crippen LogP contribution in [0.4, 0.5) is 0 Å². The van der Waals surface area contributed by atoms with Gasteiger partial charge in [0.15, 0.2) is 6.29 Å². The average Bonchev–Trinajstić information content (AvgIpc) is 2.46. The summed E-state index contributed by atoms with van der Waals surface area (Å²) in [5.41, 5.74) is 0.926. The summed E-state index contributed by atoms with van der Waals surface area (Å²) in [4.78, 5) is 0.758. The summed E-state index contributed by atoms with van der Waals surface area (Å²) in [7, 11) is -0.740. The Labute approximate surface area is 115 Å². The van der Waals surface area contributed by atoms with Crippen LogP contribution >= 0.6 is 0 Å². The Morgan fingerprint density at radius 2 is 2.21 bits per heavy atom. The van der Waals surface area contributed by atoms with Gasteiger partial charge in [-0.3, -0.25) is 0 Å². The summed E-state index contributed by atoms with van der Waals surface area (Å²) in [5.74, 6) is 0. The SMILES string of the molecule is CN=S(C)(=O)c1ccccc1COC1CCCCO1. The van der Waals surface area contributed by atoms with E-state index < -0.39 is 9.73 Å². The molecule has 2 rings (SSSR count). The maximum Gasteiger partial charge on any atom is 0.158 e. The van der Waals surface area contributed by atoms with Crippen molar-refractivity contribution in [3.05, 3.63) is 29.8 Å². The standard InChI is InChI=1S/C14H21NO3S/c1-15-19(2,16)13-8-4-3-7-12(13)11-18-14-9-5-6-10-17-14/h3-4,7-8,14H,5-6,9-11H2,1-2H3. The first-order chi connectivity index (χ1) is 9.13. The predicted molar refractivity (Wildman–Crippen MR) is 75.5 cm³/mol. The molecule has 0 N–H and O–H groups in total. The van der Waals surface area contributed by atoms with Crippen molar-refractivity contribution >= 4 is 9.73 Å². The first kappa shape index (κ1) is 14.5. The highest BCUT2D eigenvalue weighted by Gasteiger charge is 2.16. The van der Waals surface area contributed by atoms with E-state index in [9.17, 15) is 4.21 Å². The minimum absolute atomic E-state index is 0.131. The van der Waals surface area contributed by atoms with E-state index in [0.29, 0.717) is 6.61 Å². The van der Waals surface area contributed by atoms with Crippen molar-refractivity contribution < 1.29 is 13.7 Å². The van der Waals surface area contributed by atoms with E-state index in [4.69, 9.17) is 9.47 Å². The van der Waals surface area contributed by atoms with Crippen LogP contribution in [0.25, 0.3) is 0 Å². The molecule has 4 nitrogen and oxygen atoms in total. The minimum Gasteiger partial charge on any atom is -0.353 e. The molecule has 1 saturated heterocycles. The number of hydrogen-bond acceptors (Lipinski definition) is 4. The van der Waals surface area contributed by atoms with Crippen LogP contribution in [0.15, 0.2) is 33.5 Å². The summed E-state index contributed by atoms with van der Waals surface area (Å²) in [6.45, 7) is 1.18. The Bertz CT molecular complexity index is 529. The number of benzene rings is 1. The highest BCUT2D eigenvalue weighted by atomic mass is 32.2. The van der Waals surface area contributed by atoms with E-state index in [1.165, 1.54) is 0 Å². The summed E-state index contributed by atoms with van der Waals surface area (Å²) in [5, 5.41) is 0. The van der Waals surface area contributed by atoms with E-state index in [1.54, 1.807) is 13.3 Å². The summed E-state index contributed by atoms with van der Waals surface area (Å²) in [6, 6.07) is 7.60. The topological polar surface area (TPSA) is 47.9 Å². The monoisotopic (exact) mass is 283 g/mol. The Hall–Kier alpha value is -0.910. The van der Waals surface area contributed by atoms with Crippen LogP contribution in [0.1, 0.15) is 24.8 Å². The van der Waals surface area contributed by atoms with Gasteiger partial charge in [-0.05, 0) is 30.9 Å². The molecule has 0 amide bonds. The zero-order valence-electron chi connectivity index (χ0n) is 11.5. The first-order valence-corrected chi connectivity index (χ1v) is 8.47. The lowest BCUT2D eigenvalue weighted by molar-refractivity contribution is -0.169. The molecular weight excluding hydrogens is 262 g/mol. The van der Waals surface area contributed by atoms with Gasteiger partial charge in [0.25, 0.3) is 0 Å². The fourth-order valence-electron chi connectivity index (χ4n) is 2.12. The van der Waals surface area contributed by atoms with Crippen LogP contribution in [0, 0.1) is 0 Å². The Morgan fingerprint density at radius 3 is 2.89 bits per heavy atom. The Balaban J connectivity index is 2.10. The number of hydrogen-bond donors (Lipinski definition) is 0. The highest BCUT2D eigenvalue weighted by molar-refractivity contribution is 7.93. The molecule has 1 heterocycles.